The Bertz CT molecular complexity index is 1030. The van der Waals surface area contributed by atoms with Gasteiger partial charge in [0.1, 0.15) is 17.3 Å². The van der Waals surface area contributed by atoms with Crippen LogP contribution in [0.2, 0.25) is 0 Å². The minimum absolute atomic E-state index is 0.0426. The summed E-state index contributed by atoms with van der Waals surface area (Å²) in [5.74, 6) is 1.67. The van der Waals surface area contributed by atoms with Gasteiger partial charge in [0.25, 0.3) is 0 Å². The Kier molecular flexibility index (Phi) is 4.59. The Morgan fingerprint density at radius 3 is 2.57 bits per heavy atom. The number of nitrogens with zero attached hydrogens (tertiary/aromatic N) is 2. The number of hydrogen-bond acceptors (Lipinski definition) is 5. The summed E-state index contributed by atoms with van der Waals surface area (Å²) in [4.78, 5) is 21.4. The maximum Gasteiger partial charge on any atom is 0.165 e. The van der Waals surface area contributed by atoms with Gasteiger partial charge in [-0.1, -0.05) is 26.0 Å². The molecule has 0 spiro atoms. The summed E-state index contributed by atoms with van der Waals surface area (Å²) in [7, 11) is 1.64. The minimum Gasteiger partial charge on any atom is -0.494 e. The molecule has 0 aliphatic heterocycles. The number of carbonyl (C=O) groups excluding carboxylic acids is 1. The molecule has 28 heavy (non-hydrogen) atoms. The van der Waals surface area contributed by atoms with Crippen molar-refractivity contribution in [3.05, 3.63) is 66.0 Å². The first-order valence-corrected chi connectivity index (χ1v) is 9.35. The Balaban J connectivity index is 1.56. The molecule has 0 saturated heterocycles. The van der Waals surface area contributed by atoms with E-state index >= 15 is 0 Å². The third-order valence-electron chi connectivity index (χ3n) is 4.98. The molecule has 5 nitrogen and oxygen atoms in total. The third kappa shape index (κ3) is 3.60. The van der Waals surface area contributed by atoms with Crippen LogP contribution in [0.3, 0.4) is 0 Å². The zero-order valence-corrected chi connectivity index (χ0v) is 16.3. The molecule has 0 unspecified atom stereocenters. The van der Waals surface area contributed by atoms with Crippen molar-refractivity contribution in [3.63, 3.8) is 0 Å². The summed E-state index contributed by atoms with van der Waals surface area (Å²) in [6, 6.07) is 15.5. The van der Waals surface area contributed by atoms with Gasteiger partial charge in [-0.25, -0.2) is 4.98 Å². The van der Waals surface area contributed by atoms with E-state index < -0.39 is 0 Å². The van der Waals surface area contributed by atoms with Gasteiger partial charge in [0.15, 0.2) is 5.78 Å². The standard InChI is InChI=1S/C23H23N3O2/c1-23(2)13-18-17(19(27)14-23)10-11-21(26-18)25-16-8-6-15(7-9-16)22-20(28-3)5-4-12-24-22/h4-12H,13-14H2,1-3H3,(H,25,26). The number of fused-ring (bicyclic) bond motifs is 1. The fourth-order valence-electron chi connectivity index (χ4n) is 3.64. The number of Topliss-reactive ketones (excluding diaryl/α,β-unsaturated/α-hetero) is 1. The molecule has 1 aromatic carbocycles. The zero-order chi connectivity index (χ0) is 19.7. The SMILES string of the molecule is COc1cccnc1-c1ccc(Nc2ccc3c(n2)CC(C)(C)CC3=O)cc1. The molecular formula is C23H23N3O2. The number of nitrogens with one attached hydrogen (secondary N) is 1. The van der Waals surface area contributed by atoms with Crippen molar-refractivity contribution in [2.24, 2.45) is 5.41 Å². The fourth-order valence-corrected chi connectivity index (χ4v) is 3.64. The summed E-state index contributed by atoms with van der Waals surface area (Å²) >= 11 is 0. The molecule has 5 heteroatoms. The Morgan fingerprint density at radius 1 is 1.04 bits per heavy atom. The number of aromatic nitrogens is 2. The van der Waals surface area contributed by atoms with Gasteiger partial charge < -0.3 is 10.1 Å². The molecule has 0 radical (unpaired) electrons. The molecule has 0 amide bonds. The lowest BCUT2D eigenvalue weighted by atomic mass is 9.76. The molecule has 1 aliphatic rings. The predicted molar refractivity (Wildman–Crippen MR) is 110 cm³/mol. The number of ketones is 1. The summed E-state index contributed by atoms with van der Waals surface area (Å²) in [6.45, 7) is 4.22. The number of anilines is 2. The molecule has 3 aromatic rings. The average molecular weight is 373 g/mol. The Labute approximate surface area is 164 Å². The maximum atomic E-state index is 12.3. The molecule has 2 aromatic heterocycles. The van der Waals surface area contributed by atoms with E-state index in [4.69, 9.17) is 9.72 Å². The second-order valence-electron chi connectivity index (χ2n) is 7.89. The number of ether oxygens (including phenoxy) is 1. The highest BCUT2D eigenvalue weighted by atomic mass is 16.5. The van der Waals surface area contributed by atoms with Crippen molar-refractivity contribution in [1.82, 2.24) is 9.97 Å². The molecule has 0 fully saturated rings. The van der Waals surface area contributed by atoms with E-state index in [2.05, 4.69) is 24.1 Å². The normalized spacial score (nSPS) is 15.0. The van der Waals surface area contributed by atoms with E-state index in [0.717, 1.165) is 46.2 Å². The molecule has 1 N–H and O–H groups in total. The van der Waals surface area contributed by atoms with E-state index in [-0.39, 0.29) is 11.2 Å². The molecule has 2 heterocycles. The van der Waals surface area contributed by atoms with Gasteiger partial charge in [0.2, 0.25) is 0 Å². The van der Waals surface area contributed by atoms with Gasteiger partial charge in [0, 0.05) is 29.4 Å². The van der Waals surface area contributed by atoms with Crippen LogP contribution < -0.4 is 10.1 Å². The highest BCUT2D eigenvalue weighted by Crippen LogP contribution is 2.35. The van der Waals surface area contributed by atoms with Crippen molar-refractivity contribution < 1.29 is 9.53 Å². The highest BCUT2D eigenvalue weighted by Gasteiger charge is 2.31. The summed E-state index contributed by atoms with van der Waals surface area (Å²) < 4.78 is 5.39. The number of methoxy groups -OCH3 is 1. The number of carbonyl (C=O) groups is 1. The zero-order valence-electron chi connectivity index (χ0n) is 16.3. The lowest BCUT2D eigenvalue weighted by Gasteiger charge is -2.29. The predicted octanol–water partition coefficient (Wildman–Crippen LogP) is 5.05. The first-order chi connectivity index (χ1) is 13.4. The molecule has 4 rings (SSSR count). The lowest BCUT2D eigenvalue weighted by molar-refractivity contribution is 0.0910. The van der Waals surface area contributed by atoms with Crippen LogP contribution in [-0.2, 0) is 6.42 Å². The lowest BCUT2D eigenvalue weighted by Crippen LogP contribution is -2.27. The van der Waals surface area contributed by atoms with Crippen molar-refractivity contribution in [3.8, 4) is 17.0 Å². The first-order valence-electron chi connectivity index (χ1n) is 9.35. The number of rotatable bonds is 4. The fraction of sp³-hybridized carbons (Fsp3) is 0.261. The summed E-state index contributed by atoms with van der Waals surface area (Å²) in [6.07, 6.45) is 3.14. The molecule has 0 bridgehead atoms. The second-order valence-corrected chi connectivity index (χ2v) is 7.89. The third-order valence-corrected chi connectivity index (χ3v) is 4.98. The van der Waals surface area contributed by atoms with Crippen LogP contribution in [0.1, 0.15) is 36.3 Å². The largest absolute Gasteiger partial charge is 0.494 e. The van der Waals surface area contributed by atoms with Crippen LogP contribution in [0, 0.1) is 5.41 Å². The van der Waals surface area contributed by atoms with Crippen LogP contribution in [0.25, 0.3) is 11.3 Å². The first kappa shape index (κ1) is 18.2. The van der Waals surface area contributed by atoms with Crippen LogP contribution in [0.4, 0.5) is 11.5 Å². The van der Waals surface area contributed by atoms with E-state index in [0.29, 0.717) is 6.42 Å². The van der Waals surface area contributed by atoms with Crippen molar-refractivity contribution in [1.29, 1.82) is 0 Å². The maximum absolute atomic E-state index is 12.3. The molecule has 0 atom stereocenters. The van der Waals surface area contributed by atoms with Crippen LogP contribution in [0.15, 0.2) is 54.7 Å². The van der Waals surface area contributed by atoms with Gasteiger partial charge in [-0.2, -0.15) is 0 Å². The number of hydrogen-bond donors (Lipinski definition) is 1. The summed E-state index contributed by atoms with van der Waals surface area (Å²) in [5.41, 5.74) is 4.30. The van der Waals surface area contributed by atoms with Gasteiger partial charge in [0.05, 0.1) is 12.8 Å². The van der Waals surface area contributed by atoms with E-state index in [1.807, 2.05) is 48.5 Å². The van der Waals surface area contributed by atoms with Crippen LogP contribution >= 0.6 is 0 Å². The van der Waals surface area contributed by atoms with E-state index in [1.165, 1.54) is 0 Å². The Morgan fingerprint density at radius 2 is 1.82 bits per heavy atom. The van der Waals surface area contributed by atoms with Gasteiger partial charge in [-0.05, 0) is 48.2 Å². The number of pyridine rings is 2. The van der Waals surface area contributed by atoms with Gasteiger partial charge in [-0.3, -0.25) is 9.78 Å². The monoisotopic (exact) mass is 373 g/mol. The smallest absolute Gasteiger partial charge is 0.165 e. The molecule has 1 aliphatic carbocycles. The minimum atomic E-state index is -0.0426. The number of benzene rings is 1. The topological polar surface area (TPSA) is 64.1 Å². The van der Waals surface area contributed by atoms with E-state index in [1.54, 1.807) is 13.3 Å². The Hall–Kier alpha value is -3.21. The quantitative estimate of drug-likeness (QED) is 0.693. The molecule has 0 saturated carbocycles. The molecular weight excluding hydrogens is 350 g/mol. The van der Waals surface area contributed by atoms with E-state index in [9.17, 15) is 4.79 Å². The van der Waals surface area contributed by atoms with Gasteiger partial charge >= 0.3 is 0 Å². The van der Waals surface area contributed by atoms with Crippen LogP contribution in [0.5, 0.6) is 5.75 Å². The second kappa shape index (κ2) is 7.08. The van der Waals surface area contributed by atoms with Crippen molar-refractivity contribution in [2.45, 2.75) is 26.7 Å². The van der Waals surface area contributed by atoms with Gasteiger partial charge in [-0.15, -0.1) is 0 Å². The molecule has 142 valence electrons. The summed E-state index contributed by atoms with van der Waals surface area (Å²) in [5, 5.41) is 3.33. The van der Waals surface area contributed by atoms with Crippen molar-refractivity contribution >= 4 is 17.3 Å². The average Bonchev–Trinajstić information content (AvgIpc) is 2.67. The van der Waals surface area contributed by atoms with Crippen molar-refractivity contribution in [2.75, 3.05) is 12.4 Å². The van der Waals surface area contributed by atoms with Crippen LogP contribution in [-0.4, -0.2) is 22.9 Å². The highest BCUT2D eigenvalue weighted by molar-refractivity contribution is 5.98.